The van der Waals surface area contributed by atoms with Crippen LogP contribution in [0.5, 0.6) is 0 Å². The third-order valence-electron chi connectivity index (χ3n) is 2.56. The summed E-state index contributed by atoms with van der Waals surface area (Å²) in [5.41, 5.74) is 3.07. The Morgan fingerprint density at radius 3 is 2.50 bits per heavy atom. The van der Waals surface area contributed by atoms with Gasteiger partial charge in [-0.3, -0.25) is 0 Å². The zero-order valence-electron chi connectivity index (χ0n) is 8.28. The van der Waals surface area contributed by atoms with Crippen LogP contribution in [0.1, 0.15) is 12.5 Å². The molecule has 1 atom stereocenters. The van der Waals surface area contributed by atoms with Crippen molar-refractivity contribution in [3.8, 4) is 0 Å². The van der Waals surface area contributed by atoms with Crippen LogP contribution in [-0.4, -0.2) is 13.1 Å². The smallest absolute Gasteiger partial charge is 0.334 e. The lowest BCUT2D eigenvalue weighted by Gasteiger charge is -1.92. The molecule has 14 heavy (non-hydrogen) atoms. The van der Waals surface area contributed by atoms with E-state index in [1.807, 2.05) is 37.3 Å². The van der Waals surface area contributed by atoms with Gasteiger partial charge in [-0.05, 0) is 11.1 Å². The monoisotopic (exact) mass is 188 g/mol. The largest absolute Gasteiger partial charge is 0.466 e. The quantitative estimate of drug-likeness (QED) is 0.665. The first-order valence-corrected chi connectivity index (χ1v) is 4.63. The predicted octanol–water partition coefficient (Wildman–Crippen LogP) is 2.26. The number of benzene rings is 1. The van der Waals surface area contributed by atoms with E-state index in [2.05, 4.69) is 0 Å². The minimum atomic E-state index is -0.198. The van der Waals surface area contributed by atoms with Crippen molar-refractivity contribution < 1.29 is 9.53 Å². The molecule has 1 aliphatic carbocycles. The van der Waals surface area contributed by atoms with Gasteiger partial charge >= 0.3 is 5.97 Å². The fourth-order valence-corrected chi connectivity index (χ4v) is 1.76. The number of allylic oxidation sites excluding steroid dienone is 1. The highest BCUT2D eigenvalue weighted by molar-refractivity contribution is 6.09. The minimum absolute atomic E-state index is 0.198. The Balaban J connectivity index is 2.30. The zero-order chi connectivity index (χ0) is 10.1. The van der Waals surface area contributed by atoms with E-state index < -0.39 is 0 Å². The molecular weight excluding hydrogens is 176 g/mol. The molecule has 2 nitrogen and oxygen atoms in total. The van der Waals surface area contributed by atoms with Gasteiger partial charge in [0.25, 0.3) is 0 Å². The normalized spacial score (nSPS) is 19.4. The summed E-state index contributed by atoms with van der Waals surface area (Å²) in [6, 6.07) is 9.95. The molecule has 2 heteroatoms. The maximum Gasteiger partial charge on any atom is 0.334 e. The molecule has 0 amide bonds. The van der Waals surface area contributed by atoms with Crippen LogP contribution >= 0.6 is 0 Å². The zero-order valence-corrected chi connectivity index (χ0v) is 8.28. The molecule has 0 radical (unpaired) electrons. The number of carbonyl (C=O) groups excluding carboxylic acids is 1. The molecule has 0 aliphatic heterocycles. The van der Waals surface area contributed by atoms with Gasteiger partial charge in [-0.1, -0.05) is 37.3 Å². The Bertz CT molecular complexity index is 390. The topological polar surface area (TPSA) is 26.3 Å². The maximum absolute atomic E-state index is 11.3. The van der Waals surface area contributed by atoms with Crippen molar-refractivity contribution in [3.05, 3.63) is 41.5 Å². The van der Waals surface area contributed by atoms with Crippen LogP contribution < -0.4 is 0 Å². The summed E-state index contributed by atoms with van der Waals surface area (Å²) in [5, 5.41) is 0. The summed E-state index contributed by atoms with van der Waals surface area (Å²) in [7, 11) is 1.42. The van der Waals surface area contributed by atoms with Gasteiger partial charge < -0.3 is 4.74 Å². The first kappa shape index (κ1) is 9.00. The van der Waals surface area contributed by atoms with Crippen molar-refractivity contribution in [2.75, 3.05) is 7.11 Å². The molecular formula is C12H12O2. The highest BCUT2D eigenvalue weighted by Crippen LogP contribution is 2.46. The van der Waals surface area contributed by atoms with E-state index >= 15 is 0 Å². The van der Waals surface area contributed by atoms with E-state index in [0.29, 0.717) is 0 Å². The predicted molar refractivity (Wildman–Crippen MR) is 54.5 cm³/mol. The SMILES string of the molecule is COC(=O)C1=C(c2ccccc2)C1C. The summed E-state index contributed by atoms with van der Waals surface area (Å²) in [4.78, 5) is 11.3. The van der Waals surface area contributed by atoms with Crippen LogP contribution in [-0.2, 0) is 9.53 Å². The van der Waals surface area contributed by atoms with Crippen molar-refractivity contribution in [2.24, 2.45) is 5.92 Å². The molecule has 1 aliphatic rings. The molecule has 0 aromatic heterocycles. The molecule has 0 spiro atoms. The van der Waals surface area contributed by atoms with E-state index in [9.17, 15) is 4.79 Å². The second-order valence-corrected chi connectivity index (χ2v) is 3.41. The molecule has 2 rings (SSSR count). The number of hydrogen-bond acceptors (Lipinski definition) is 2. The Morgan fingerprint density at radius 2 is 1.93 bits per heavy atom. The molecule has 0 saturated carbocycles. The van der Waals surface area contributed by atoms with Crippen LogP contribution in [0.3, 0.4) is 0 Å². The van der Waals surface area contributed by atoms with Crippen LogP contribution in [0.4, 0.5) is 0 Å². The van der Waals surface area contributed by atoms with E-state index in [4.69, 9.17) is 4.74 Å². The second-order valence-electron chi connectivity index (χ2n) is 3.41. The van der Waals surface area contributed by atoms with Crippen molar-refractivity contribution in [2.45, 2.75) is 6.92 Å². The number of methoxy groups -OCH3 is 1. The Hall–Kier alpha value is -1.57. The fourth-order valence-electron chi connectivity index (χ4n) is 1.76. The van der Waals surface area contributed by atoms with Gasteiger partial charge in [0.15, 0.2) is 0 Å². The summed E-state index contributed by atoms with van der Waals surface area (Å²) < 4.78 is 4.70. The molecule has 1 aromatic rings. The van der Waals surface area contributed by atoms with Crippen molar-refractivity contribution in [1.29, 1.82) is 0 Å². The van der Waals surface area contributed by atoms with Crippen molar-refractivity contribution in [3.63, 3.8) is 0 Å². The molecule has 1 aromatic carbocycles. The number of carbonyl (C=O) groups is 1. The molecule has 0 fully saturated rings. The summed E-state index contributed by atoms with van der Waals surface area (Å²) in [6.07, 6.45) is 0. The second kappa shape index (κ2) is 3.29. The summed E-state index contributed by atoms with van der Waals surface area (Å²) in [5.74, 6) is 0.0567. The third-order valence-corrected chi connectivity index (χ3v) is 2.56. The van der Waals surface area contributed by atoms with Gasteiger partial charge in [0.2, 0.25) is 0 Å². The van der Waals surface area contributed by atoms with Gasteiger partial charge in [0.05, 0.1) is 7.11 Å². The fraction of sp³-hybridized carbons (Fsp3) is 0.250. The highest BCUT2D eigenvalue weighted by Gasteiger charge is 2.38. The number of rotatable bonds is 2. The van der Waals surface area contributed by atoms with E-state index in [1.54, 1.807) is 0 Å². The number of ether oxygens (including phenoxy) is 1. The van der Waals surface area contributed by atoms with Gasteiger partial charge in [0, 0.05) is 11.5 Å². The minimum Gasteiger partial charge on any atom is -0.466 e. The van der Waals surface area contributed by atoms with E-state index in [0.717, 1.165) is 16.7 Å². The Morgan fingerprint density at radius 1 is 1.29 bits per heavy atom. The van der Waals surface area contributed by atoms with Crippen LogP contribution in [0.15, 0.2) is 35.9 Å². The Labute approximate surface area is 83.2 Å². The van der Waals surface area contributed by atoms with E-state index in [1.165, 1.54) is 7.11 Å². The number of hydrogen-bond donors (Lipinski definition) is 0. The van der Waals surface area contributed by atoms with Crippen LogP contribution in [0.2, 0.25) is 0 Å². The molecule has 1 unspecified atom stereocenters. The molecule has 0 bridgehead atoms. The molecule has 0 N–H and O–H groups in total. The molecule has 0 heterocycles. The lowest BCUT2D eigenvalue weighted by molar-refractivity contribution is -0.135. The van der Waals surface area contributed by atoms with Crippen LogP contribution in [0.25, 0.3) is 5.57 Å². The van der Waals surface area contributed by atoms with Crippen molar-refractivity contribution >= 4 is 11.5 Å². The lowest BCUT2D eigenvalue weighted by atomic mass is 10.1. The average molecular weight is 188 g/mol. The molecule has 0 saturated heterocycles. The van der Waals surface area contributed by atoms with Gasteiger partial charge in [0.1, 0.15) is 0 Å². The van der Waals surface area contributed by atoms with Gasteiger partial charge in [-0.2, -0.15) is 0 Å². The van der Waals surface area contributed by atoms with Crippen LogP contribution in [0, 0.1) is 5.92 Å². The van der Waals surface area contributed by atoms with Crippen molar-refractivity contribution in [1.82, 2.24) is 0 Å². The summed E-state index contributed by atoms with van der Waals surface area (Å²) >= 11 is 0. The first-order chi connectivity index (χ1) is 6.75. The van der Waals surface area contributed by atoms with Gasteiger partial charge in [-0.15, -0.1) is 0 Å². The Kier molecular flexibility index (Phi) is 2.12. The standard InChI is InChI=1S/C12H12O2/c1-8-10(11(8)12(13)14-2)9-6-4-3-5-7-9/h3-8H,1-2H3. The lowest BCUT2D eigenvalue weighted by Crippen LogP contribution is -1.98. The van der Waals surface area contributed by atoms with E-state index in [-0.39, 0.29) is 11.9 Å². The van der Waals surface area contributed by atoms with Gasteiger partial charge in [-0.25, -0.2) is 4.79 Å². The number of esters is 1. The average Bonchev–Trinajstić information content (AvgIpc) is 2.90. The third kappa shape index (κ3) is 1.33. The highest BCUT2D eigenvalue weighted by atomic mass is 16.5. The maximum atomic E-state index is 11.3. The molecule has 72 valence electrons. The summed E-state index contributed by atoms with van der Waals surface area (Å²) in [6.45, 7) is 2.02. The first-order valence-electron chi connectivity index (χ1n) is 4.63.